The summed E-state index contributed by atoms with van der Waals surface area (Å²) < 4.78 is 26.2. The fourth-order valence-electron chi connectivity index (χ4n) is 4.20. The normalized spacial score (nSPS) is 39.6. The van der Waals surface area contributed by atoms with Crippen LogP contribution in [-0.2, 0) is 9.84 Å². The third-order valence-corrected chi connectivity index (χ3v) is 8.35. The van der Waals surface area contributed by atoms with Crippen LogP contribution in [0.3, 0.4) is 0 Å². The second-order valence-corrected chi connectivity index (χ2v) is 9.45. The molecular formula is C16H31NO2S. The molecule has 3 nitrogen and oxygen atoms in total. The van der Waals surface area contributed by atoms with Crippen LogP contribution in [-0.4, -0.2) is 32.0 Å². The summed E-state index contributed by atoms with van der Waals surface area (Å²) in [5, 5.41) is 3.04. The molecule has 0 radical (unpaired) electrons. The van der Waals surface area contributed by atoms with Gasteiger partial charge in [-0.05, 0) is 51.0 Å². The molecule has 2 rings (SSSR count). The van der Waals surface area contributed by atoms with E-state index in [0.717, 1.165) is 38.5 Å². The van der Waals surface area contributed by atoms with Crippen molar-refractivity contribution in [2.45, 2.75) is 81.8 Å². The van der Waals surface area contributed by atoms with Crippen molar-refractivity contribution in [3.8, 4) is 0 Å². The van der Waals surface area contributed by atoms with Gasteiger partial charge in [0.2, 0.25) is 0 Å². The summed E-state index contributed by atoms with van der Waals surface area (Å²) in [6.45, 7) is 4.39. The van der Waals surface area contributed by atoms with Crippen molar-refractivity contribution in [3.05, 3.63) is 0 Å². The van der Waals surface area contributed by atoms with Crippen molar-refractivity contribution < 1.29 is 8.42 Å². The lowest BCUT2D eigenvalue weighted by atomic mass is 9.84. The number of hydrogen-bond acceptors (Lipinski definition) is 3. The molecule has 0 saturated heterocycles. The smallest absolute Gasteiger partial charge is 0.157 e. The Bertz CT molecular complexity index is 407. The molecule has 5 unspecified atom stereocenters. The number of nitrogens with one attached hydrogen (secondary N) is 1. The first-order chi connectivity index (χ1) is 9.48. The fraction of sp³-hybridized carbons (Fsp3) is 1.00. The lowest BCUT2D eigenvalue weighted by molar-refractivity contribution is 0.291. The second-order valence-electron chi connectivity index (χ2n) is 7.00. The van der Waals surface area contributed by atoms with Crippen molar-refractivity contribution in [2.75, 3.05) is 7.05 Å². The highest BCUT2D eigenvalue weighted by molar-refractivity contribution is 7.92. The van der Waals surface area contributed by atoms with Gasteiger partial charge in [-0.1, -0.05) is 33.1 Å². The van der Waals surface area contributed by atoms with Crippen LogP contribution in [0.25, 0.3) is 0 Å². The molecule has 0 aromatic carbocycles. The summed E-state index contributed by atoms with van der Waals surface area (Å²) in [5.74, 6) is 1.17. The van der Waals surface area contributed by atoms with E-state index in [2.05, 4.69) is 19.2 Å². The monoisotopic (exact) mass is 301 g/mol. The fourth-order valence-corrected chi connectivity index (χ4v) is 7.06. The summed E-state index contributed by atoms with van der Waals surface area (Å²) in [6, 6.07) is 0.167. The standard InChI is InChI=1S/C16H31NO2S/c1-4-13-8-9-15(17-3)16(11-13)20(18,19)14-7-5-6-12(2)10-14/h12-17H,4-11H2,1-3H3. The second kappa shape index (κ2) is 6.78. The maximum Gasteiger partial charge on any atom is 0.157 e. The van der Waals surface area contributed by atoms with Crippen LogP contribution in [0, 0.1) is 11.8 Å². The largest absolute Gasteiger partial charge is 0.316 e. The minimum atomic E-state index is -2.98. The van der Waals surface area contributed by atoms with Crippen molar-refractivity contribution >= 4 is 9.84 Å². The zero-order valence-corrected chi connectivity index (χ0v) is 14.1. The molecule has 0 amide bonds. The Morgan fingerprint density at radius 2 is 1.85 bits per heavy atom. The van der Waals surface area contributed by atoms with E-state index in [1.54, 1.807) is 0 Å². The summed E-state index contributed by atoms with van der Waals surface area (Å²) in [5.41, 5.74) is 0. The van der Waals surface area contributed by atoms with E-state index in [1.807, 2.05) is 7.05 Å². The van der Waals surface area contributed by atoms with Crippen LogP contribution >= 0.6 is 0 Å². The summed E-state index contributed by atoms with van der Waals surface area (Å²) in [6.07, 6.45) is 8.22. The van der Waals surface area contributed by atoms with Gasteiger partial charge in [-0.2, -0.15) is 0 Å². The molecule has 1 N–H and O–H groups in total. The Balaban J connectivity index is 2.16. The van der Waals surface area contributed by atoms with Gasteiger partial charge < -0.3 is 5.32 Å². The van der Waals surface area contributed by atoms with E-state index in [4.69, 9.17) is 0 Å². The third kappa shape index (κ3) is 3.38. The average Bonchev–Trinajstić information content (AvgIpc) is 2.46. The van der Waals surface area contributed by atoms with Crippen molar-refractivity contribution in [1.29, 1.82) is 0 Å². The molecule has 0 aromatic rings. The van der Waals surface area contributed by atoms with E-state index in [-0.39, 0.29) is 16.5 Å². The SMILES string of the molecule is CCC1CCC(NC)C(S(=O)(=O)C2CCCC(C)C2)C1. The molecule has 2 aliphatic rings. The van der Waals surface area contributed by atoms with E-state index in [1.165, 1.54) is 12.8 Å². The highest BCUT2D eigenvalue weighted by Gasteiger charge is 2.42. The van der Waals surface area contributed by atoms with Gasteiger partial charge >= 0.3 is 0 Å². The first-order valence-corrected chi connectivity index (χ1v) is 9.99. The molecule has 4 heteroatoms. The lowest BCUT2D eigenvalue weighted by Gasteiger charge is -2.38. The molecule has 5 atom stereocenters. The summed E-state index contributed by atoms with van der Waals surface area (Å²) in [4.78, 5) is 0. The number of rotatable bonds is 4. The van der Waals surface area contributed by atoms with Crippen LogP contribution in [0.2, 0.25) is 0 Å². The highest BCUT2D eigenvalue weighted by Crippen LogP contribution is 2.37. The van der Waals surface area contributed by atoms with E-state index < -0.39 is 9.84 Å². The summed E-state index contributed by atoms with van der Waals surface area (Å²) >= 11 is 0. The molecule has 0 heterocycles. The Labute approximate surface area is 124 Å². The predicted octanol–water partition coefficient (Wildman–Crippen LogP) is 3.15. The minimum absolute atomic E-state index is 0.0808. The Morgan fingerprint density at radius 3 is 2.45 bits per heavy atom. The molecule has 20 heavy (non-hydrogen) atoms. The van der Waals surface area contributed by atoms with Gasteiger partial charge in [0, 0.05) is 6.04 Å². The maximum absolute atomic E-state index is 13.1. The van der Waals surface area contributed by atoms with E-state index in [9.17, 15) is 8.42 Å². The zero-order valence-electron chi connectivity index (χ0n) is 13.3. The molecule has 2 aliphatic carbocycles. The van der Waals surface area contributed by atoms with Crippen molar-refractivity contribution in [2.24, 2.45) is 11.8 Å². The molecule has 2 saturated carbocycles. The molecule has 0 aliphatic heterocycles. The van der Waals surface area contributed by atoms with Gasteiger partial charge in [-0.15, -0.1) is 0 Å². The lowest BCUT2D eigenvalue weighted by Crippen LogP contribution is -2.50. The third-order valence-electron chi connectivity index (χ3n) is 5.62. The van der Waals surface area contributed by atoms with Crippen LogP contribution in [0.4, 0.5) is 0 Å². The first-order valence-electron chi connectivity index (χ1n) is 8.39. The zero-order chi connectivity index (χ0) is 14.8. The predicted molar refractivity (Wildman–Crippen MR) is 84.6 cm³/mol. The van der Waals surface area contributed by atoms with E-state index in [0.29, 0.717) is 11.8 Å². The molecule has 118 valence electrons. The van der Waals surface area contributed by atoms with Gasteiger partial charge in [-0.3, -0.25) is 0 Å². The number of hydrogen-bond donors (Lipinski definition) is 1. The molecule has 2 fully saturated rings. The molecule has 0 aromatic heterocycles. The van der Waals surface area contributed by atoms with Gasteiger partial charge in [-0.25, -0.2) is 8.42 Å². The Kier molecular flexibility index (Phi) is 5.52. The van der Waals surface area contributed by atoms with Crippen LogP contribution in [0.5, 0.6) is 0 Å². The maximum atomic E-state index is 13.1. The van der Waals surface area contributed by atoms with Gasteiger partial charge in [0.1, 0.15) is 0 Å². The van der Waals surface area contributed by atoms with Crippen LogP contribution in [0.1, 0.15) is 65.2 Å². The Hall–Kier alpha value is -0.0900. The molecule has 0 bridgehead atoms. The molecule has 0 spiro atoms. The first kappa shape index (κ1) is 16.3. The highest BCUT2D eigenvalue weighted by atomic mass is 32.2. The quantitative estimate of drug-likeness (QED) is 0.867. The van der Waals surface area contributed by atoms with Gasteiger partial charge in [0.05, 0.1) is 10.5 Å². The summed E-state index contributed by atoms with van der Waals surface area (Å²) in [7, 11) is -1.07. The molecular weight excluding hydrogens is 270 g/mol. The van der Waals surface area contributed by atoms with Gasteiger partial charge in [0.25, 0.3) is 0 Å². The van der Waals surface area contributed by atoms with E-state index >= 15 is 0 Å². The van der Waals surface area contributed by atoms with Gasteiger partial charge in [0.15, 0.2) is 9.84 Å². The van der Waals surface area contributed by atoms with Crippen molar-refractivity contribution in [1.82, 2.24) is 5.32 Å². The minimum Gasteiger partial charge on any atom is -0.316 e. The Morgan fingerprint density at radius 1 is 1.10 bits per heavy atom. The topological polar surface area (TPSA) is 46.2 Å². The number of sulfone groups is 1. The van der Waals surface area contributed by atoms with Crippen LogP contribution < -0.4 is 5.32 Å². The average molecular weight is 301 g/mol. The van der Waals surface area contributed by atoms with Crippen LogP contribution in [0.15, 0.2) is 0 Å². The van der Waals surface area contributed by atoms with Crippen molar-refractivity contribution in [3.63, 3.8) is 0 Å².